The van der Waals surface area contributed by atoms with E-state index >= 15 is 0 Å². The molecule has 0 unspecified atom stereocenters. The van der Waals surface area contributed by atoms with E-state index in [9.17, 15) is 4.79 Å². The topological polar surface area (TPSA) is 94.3 Å². The SMILES string of the molecule is CCN(Cc1noc(C2CC2)n1)C(=O)c1ccc2nnc(-c3cccn3C)n2c1. The number of carbonyl (C=O) groups excluding carboxylic acids is 1. The van der Waals surface area contributed by atoms with Crippen LogP contribution in [0, 0.1) is 0 Å². The Labute approximate surface area is 167 Å². The number of nitrogens with zero attached hydrogens (tertiary/aromatic N) is 7. The third-order valence-corrected chi connectivity index (χ3v) is 5.23. The summed E-state index contributed by atoms with van der Waals surface area (Å²) in [7, 11) is 1.95. The third kappa shape index (κ3) is 3.18. The average molecular weight is 391 g/mol. The van der Waals surface area contributed by atoms with E-state index < -0.39 is 0 Å². The van der Waals surface area contributed by atoms with Gasteiger partial charge in [0.1, 0.15) is 0 Å². The van der Waals surface area contributed by atoms with Crippen LogP contribution in [0.5, 0.6) is 0 Å². The van der Waals surface area contributed by atoms with Gasteiger partial charge in [-0.05, 0) is 44.0 Å². The Bertz CT molecular complexity index is 1180. The zero-order valence-corrected chi connectivity index (χ0v) is 16.3. The standard InChI is InChI=1S/C20H21N7O2/c1-3-26(12-16-21-19(29-24-16)13-6-7-13)20(28)14-8-9-17-22-23-18(27(17)11-14)15-5-4-10-25(15)2/h4-5,8-11,13H,3,6-7,12H2,1-2H3. The summed E-state index contributed by atoms with van der Waals surface area (Å²) in [5.74, 6) is 2.21. The highest BCUT2D eigenvalue weighted by molar-refractivity contribution is 5.94. The molecule has 0 N–H and O–H groups in total. The van der Waals surface area contributed by atoms with E-state index in [0.29, 0.717) is 47.8 Å². The minimum absolute atomic E-state index is 0.0984. The fourth-order valence-electron chi connectivity index (χ4n) is 3.39. The van der Waals surface area contributed by atoms with E-state index in [2.05, 4.69) is 20.3 Å². The van der Waals surface area contributed by atoms with Crippen LogP contribution in [-0.4, -0.2) is 46.7 Å². The van der Waals surface area contributed by atoms with Crippen molar-refractivity contribution >= 4 is 11.6 Å². The predicted molar refractivity (Wildman–Crippen MR) is 104 cm³/mol. The second-order valence-corrected chi connectivity index (χ2v) is 7.32. The van der Waals surface area contributed by atoms with Crippen molar-refractivity contribution in [2.45, 2.75) is 32.2 Å². The molecule has 148 valence electrons. The van der Waals surface area contributed by atoms with Crippen LogP contribution in [0.3, 0.4) is 0 Å². The van der Waals surface area contributed by atoms with Crippen LogP contribution < -0.4 is 0 Å². The second kappa shape index (κ2) is 6.84. The molecule has 29 heavy (non-hydrogen) atoms. The van der Waals surface area contributed by atoms with Crippen LogP contribution >= 0.6 is 0 Å². The molecule has 0 spiro atoms. The highest BCUT2D eigenvalue weighted by Crippen LogP contribution is 2.38. The molecule has 0 atom stereocenters. The summed E-state index contributed by atoms with van der Waals surface area (Å²) < 4.78 is 9.13. The molecular formula is C20H21N7O2. The highest BCUT2D eigenvalue weighted by Gasteiger charge is 2.30. The van der Waals surface area contributed by atoms with Gasteiger partial charge < -0.3 is 14.0 Å². The summed E-state index contributed by atoms with van der Waals surface area (Å²) in [4.78, 5) is 19.3. The van der Waals surface area contributed by atoms with Gasteiger partial charge in [-0.1, -0.05) is 5.16 Å². The number of rotatable bonds is 6. The molecular weight excluding hydrogens is 370 g/mol. The molecule has 1 aliphatic rings. The smallest absolute Gasteiger partial charge is 0.255 e. The Balaban J connectivity index is 1.43. The molecule has 9 nitrogen and oxygen atoms in total. The van der Waals surface area contributed by atoms with Gasteiger partial charge in [-0.2, -0.15) is 4.98 Å². The molecule has 5 rings (SSSR count). The molecule has 1 amide bonds. The summed E-state index contributed by atoms with van der Waals surface area (Å²) in [5.41, 5.74) is 2.17. The first-order valence-electron chi connectivity index (χ1n) is 9.72. The maximum Gasteiger partial charge on any atom is 0.255 e. The second-order valence-electron chi connectivity index (χ2n) is 7.32. The van der Waals surface area contributed by atoms with Gasteiger partial charge >= 0.3 is 0 Å². The van der Waals surface area contributed by atoms with Crippen LogP contribution in [0.1, 0.15) is 47.8 Å². The summed E-state index contributed by atoms with van der Waals surface area (Å²) in [6.07, 6.45) is 5.93. The number of pyridine rings is 1. The van der Waals surface area contributed by atoms with Crippen LogP contribution in [0.25, 0.3) is 17.2 Å². The maximum atomic E-state index is 13.1. The average Bonchev–Trinajstić information content (AvgIpc) is 3.12. The number of carbonyl (C=O) groups is 1. The minimum Gasteiger partial charge on any atom is -0.348 e. The predicted octanol–water partition coefficient (Wildman–Crippen LogP) is 2.66. The monoisotopic (exact) mass is 391 g/mol. The van der Waals surface area contributed by atoms with Crippen molar-refractivity contribution in [1.29, 1.82) is 0 Å². The molecule has 0 bridgehead atoms. The Kier molecular flexibility index (Phi) is 4.15. The van der Waals surface area contributed by atoms with E-state index in [4.69, 9.17) is 4.52 Å². The van der Waals surface area contributed by atoms with Crippen molar-refractivity contribution in [3.05, 3.63) is 53.9 Å². The molecule has 0 aliphatic heterocycles. The van der Waals surface area contributed by atoms with Gasteiger partial charge in [0.15, 0.2) is 17.3 Å². The lowest BCUT2D eigenvalue weighted by atomic mass is 10.2. The number of hydrogen-bond donors (Lipinski definition) is 0. The van der Waals surface area contributed by atoms with E-state index in [0.717, 1.165) is 18.5 Å². The summed E-state index contributed by atoms with van der Waals surface area (Å²) in [6, 6.07) is 7.50. The number of aryl methyl sites for hydroxylation is 1. The van der Waals surface area contributed by atoms with Crippen LogP contribution in [0.2, 0.25) is 0 Å². The lowest BCUT2D eigenvalue weighted by molar-refractivity contribution is 0.0747. The molecule has 1 aliphatic carbocycles. The molecule has 1 fully saturated rings. The normalized spacial score (nSPS) is 13.9. The molecule has 9 heteroatoms. The molecule has 4 heterocycles. The van der Waals surface area contributed by atoms with Gasteiger partial charge in [0.2, 0.25) is 5.89 Å². The maximum absolute atomic E-state index is 13.1. The minimum atomic E-state index is -0.0984. The van der Waals surface area contributed by atoms with Crippen molar-refractivity contribution < 1.29 is 9.32 Å². The van der Waals surface area contributed by atoms with Gasteiger partial charge in [-0.3, -0.25) is 9.20 Å². The van der Waals surface area contributed by atoms with E-state index in [1.54, 1.807) is 23.2 Å². The summed E-state index contributed by atoms with van der Waals surface area (Å²) in [5, 5.41) is 12.5. The van der Waals surface area contributed by atoms with E-state index in [1.807, 2.05) is 41.3 Å². The van der Waals surface area contributed by atoms with E-state index in [-0.39, 0.29) is 5.91 Å². The molecule has 4 aromatic heterocycles. The Hall–Kier alpha value is -3.49. The number of aromatic nitrogens is 6. The zero-order chi connectivity index (χ0) is 20.0. The van der Waals surface area contributed by atoms with Gasteiger partial charge in [-0.25, -0.2) is 0 Å². The fourth-order valence-corrected chi connectivity index (χ4v) is 3.39. The lowest BCUT2D eigenvalue weighted by Crippen LogP contribution is -2.31. The van der Waals surface area contributed by atoms with Crippen molar-refractivity contribution in [3.63, 3.8) is 0 Å². The third-order valence-electron chi connectivity index (χ3n) is 5.23. The first-order valence-corrected chi connectivity index (χ1v) is 9.72. The first-order chi connectivity index (χ1) is 14.1. The number of fused-ring (bicyclic) bond motifs is 1. The molecule has 1 saturated carbocycles. The van der Waals surface area contributed by atoms with Crippen LogP contribution in [0.15, 0.2) is 41.2 Å². The first kappa shape index (κ1) is 17.6. The van der Waals surface area contributed by atoms with Gasteiger partial charge in [-0.15, -0.1) is 10.2 Å². The lowest BCUT2D eigenvalue weighted by Gasteiger charge is -2.19. The van der Waals surface area contributed by atoms with Crippen LogP contribution in [-0.2, 0) is 13.6 Å². The van der Waals surface area contributed by atoms with Gasteiger partial charge in [0, 0.05) is 31.9 Å². The van der Waals surface area contributed by atoms with Crippen molar-refractivity contribution in [2.75, 3.05) is 6.54 Å². The Morgan fingerprint density at radius 1 is 1.28 bits per heavy atom. The van der Waals surface area contributed by atoms with E-state index in [1.165, 1.54) is 0 Å². The molecule has 0 saturated heterocycles. The van der Waals surface area contributed by atoms with Gasteiger partial charge in [0.25, 0.3) is 5.91 Å². The molecule has 0 radical (unpaired) electrons. The Morgan fingerprint density at radius 3 is 2.86 bits per heavy atom. The van der Waals surface area contributed by atoms with Crippen molar-refractivity contribution in [3.8, 4) is 11.5 Å². The molecule has 4 aromatic rings. The number of amides is 1. The van der Waals surface area contributed by atoms with Crippen LogP contribution in [0.4, 0.5) is 0 Å². The summed E-state index contributed by atoms with van der Waals surface area (Å²) >= 11 is 0. The fraction of sp³-hybridized carbons (Fsp3) is 0.350. The summed E-state index contributed by atoms with van der Waals surface area (Å²) in [6.45, 7) is 2.79. The largest absolute Gasteiger partial charge is 0.348 e. The Morgan fingerprint density at radius 2 is 2.14 bits per heavy atom. The molecule has 0 aromatic carbocycles. The van der Waals surface area contributed by atoms with Gasteiger partial charge in [0.05, 0.1) is 17.8 Å². The highest BCUT2D eigenvalue weighted by atomic mass is 16.5. The quantitative estimate of drug-likeness (QED) is 0.502. The van der Waals surface area contributed by atoms with Crippen molar-refractivity contribution in [2.24, 2.45) is 7.05 Å². The number of hydrogen-bond acceptors (Lipinski definition) is 6. The zero-order valence-electron chi connectivity index (χ0n) is 16.3. The van der Waals surface area contributed by atoms with Crippen molar-refractivity contribution in [1.82, 2.24) is 34.2 Å².